The molecule has 5 rings (SSSR count). The number of fused-ring (bicyclic) bond motifs is 3. The van der Waals surface area contributed by atoms with Crippen molar-refractivity contribution in [1.82, 2.24) is 15.1 Å². The third-order valence-corrected chi connectivity index (χ3v) is 6.39. The summed E-state index contributed by atoms with van der Waals surface area (Å²) in [5.41, 5.74) is 2.13. The molecule has 1 amide bonds. The second-order valence-corrected chi connectivity index (χ2v) is 8.45. The van der Waals surface area contributed by atoms with Gasteiger partial charge in [-0.25, -0.2) is 0 Å². The average molecular weight is 378 g/mol. The van der Waals surface area contributed by atoms with Gasteiger partial charge in [-0.15, -0.1) is 0 Å². The lowest BCUT2D eigenvalue weighted by molar-refractivity contribution is -0.00955. The zero-order valence-corrected chi connectivity index (χ0v) is 16.8. The highest BCUT2D eigenvalue weighted by atomic mass is 16.1. The molecule has 0 radical (unpaired) electrons. The standard InChI is InChI=1S/C24H31N3O/c1-26(16-19-8-4-2-5-9-19)17-22-18-27-13-12-21(22)14-23(27)15-25-24(28)20-10-6-3-7-11-20/h2-11,21-23H,12-18H2,1H3,(H,25,28). The highest BCUT2D eigenvalue weighted by molar-refractivity contribution is 5.94. The van der Waals surface area contributed by atoms with Gasteiger partial charge in [-0.2, -0.15) is 0 Å². The largest absolute Gasteiger partial charge is 0.350 e. The Labute approximate surface area is 168 Å². The average Bonchev–Trinajstić information content (AvgIpc) is 2.74. The third-order valence-electron chi connectivity index (χ3n) is 6.39. The number of carbonyl (C=O) groups excluding carboxylic acids is 1. The predicted octanol–water partition coefficient (Wildman–Crippen LogP) is 3.26. The number of carbonyl (C=O) groups is 1. The molecule has 3 saturated heterocycles. The molecule has 4 heteroatoms. The van der Waals surface area contributed by atoms with Crippen molar-refractivity contribution in [3.05, 3.63) is 71.8 Å². The van der Waals surface area contributed by atoms with E-state index >= 15 is 0 Å². The van der Waals surface area contributed by atoms with Crippen LogP contribution in [0.3, 0.4) is 0 Å². The van der Waals surface area contributed by atoms with Crippen molar-refractivity contribution in [3.63, 3.8) is 0 Å². The molecule has 4 atom stereocenters. The molecule has 3 aliphatic heterocycles. The van der Waals surface area contributed by atoms with E-state index < -0.39 is 0 Å². The van der Waals surface area contributed by atoms with Crippen LogP contribution in [0.4, 0.5) is 0 Å². The number of hydrogen-bond acceptors (Lipinski definition) is 3. The van der Waals surface area contributed by atoms with Crippen molar-refractivity contribution in [3.8, 4) is 0 Å². The van der Waals surface area contributed by atoms with Gasteiger partial charge in [-0.3, -0.25) is 9.69 Å². The lowest BCUT2D eigenvalue weighted by atomic mass is 9.75. The molecular formula is C24H31N3O. The maximum Gasteiger partial charge on any atom is 0.251 e. The molecule has 2 aromatic carbocycles. The van der Waals surface area contributed by atoms with Crippen molar-refractivity contribution in [2.45, 2.75) is 25.4 Å². The van der Waals surface area contributed by atoms with Gasteiger partial charge in [-0.05, 0) is 56.0 Å². The number of piperidine rings is 3. The van der Waals surface area contributed by atoms with Crippen molar-refractivity contribution in [1.29, 1.82) is 0 Å². The zero-order chi connectivity index (χ0) is 19.3. The van der Waals surface area contributed by atoms with Crippen molar-refractivity contribution < 1.29 is 4.79 Å². The van der Waals surface area contributed by atoms with Crippen LogP contribution in [0.2, 0.25) is 0 Å². The fourth-order valence-electron chi connectivity index (χ4n) is 4.93. The van der Waals surface area contributed by atoms with Crippen LogP contribution in [0.1, 0.15) is 28.8 Å². The Morgan fingerprint density at radius 2 is 1.82 bits per heavy atom. The minimum absolute atomic E-state index is 0.0439. The van der Waals surface area contributed by atoms with Gasteiger partial charge in [0.15, 0.2) is 0 Å². The number of nitrogens with one attached hydrogen (secondary N) is 1. The summed E-state index contributed by atoms with van der Waals surface area (Å²) >= 11 is 0. The zero-order valence-electron chi connectivity index (χ0n) is 16.8. The van der Waals surface area contributed by atoms with Gasteiger partial charge < -0.3 is 10.2 Å². The molecule has 2 aromatic rings. The normalized spacial score (nSPS) is 26.4. The van der Waals surface area contributed by atoms with Crippen LogP contribution < -0.4 is 5.32 Å². The summed E-state index contributed by atoms with van der Waals surface area (Å²) in [5, 5.41) is 3.15. The first kappa shape index (κ1) is 19.2. The molecule has 0 aliphatic carbocycles. The summed E-state index contributed by atoms with van der Waals surface area (Å²) in [6.45, 7) is 5.27. The minimum Gasteiger partial charge on any atom is -0.350 e. The number of amides is 1. The van der Waals surface area contributed by atoms with Crippen LogP contribution in [0.15, 0.2) is 60.7 Å². The Hall–Kier alpha value is -2.17. The van der Waals surface area contributed by atoms with Gasteiger partial charge in [0.2, 0.25) is 0 Å². The molecule has 28 heavy (non-hydrogen) atoms. The molecular weight excluding hydrogens is 346 g/mol. The van der Waals surface area contributed by atoms with E-state index in [9.17, 15) is 4.79 Å². The first-order valence-corrected chi connectivity index (χ1v) is 10.5. The fraction of sp³-hybridized carbons (Fsp3) is 0.458. The maximum absolute atomic E-state index is 12.3. The van der Waals surface area contributed by atoms with E-state index in [1.165, 1.54) is 24.9 Å². The Morgan fingerprint density at radius 3 is 2.50 bits per heavy atom. The van der Waals surface area contributed by atoms with E-state index in [4.69, 9.17) is 0 Å². The van der Waals surface area contributed by atoms with E-state index in [0.717, 1.165) is 43.6 Å². The van der Waals surface area contributed by atoms with Crippen LogP contribution in [-0.4, -0.2) is 55.0 Å². The molecule has 0 spiro atoms. The molecule has 2 bridgehead atoms. The molecule has 0 saturated carbocycles. The van der Waals surface area contributed by atoms with Crippen LogP contribution in [0, 0.1) is 11.8 Å². The third kappa shape index (κ3) is 4.62. The molecule has 148 valence electrons. The quantitative estimate of drug-likeness (QED) is 0.804. The maximum atomic E-state index is 12.3. The van der Waals surface area contributed by atoms with Crippen LogP contribution in [0.5, 0.6) is 0 Å². The number of benzene rings is 2. The lowest BCUT2D eigenvalue weighted by Gasteiger charge is -2.50. The predicted molar refractivity (Wildman–Crippen MR) is 113 cm³/mol. The molecule has 0 aromatic heterocycles. The van der Waals surface area contributed by atoms with E-state index in [-0.39, 0.29) is 5.91 Å². The van der Waals surface area contributed by atoms with Crippen LogP contribution in [-0.2, 0) is 6.54 Å². The van der Waals surface area contributed by atoms with Crippen molar-refractivity contribution in [2.24, 2.45) is 11.8 Å². The number of rotatable bonds is 7. The summed E-state index contributed by atoms with van der Waals surface area (Å²) in [7, 11) is 2.24. The monoisotopic (exact) mass is 377 g/mol. The van der Waals surface area contributed by atoms with E-state index in [2.05, 4.69) is 52.5 Å². The van der Waals surface area contributed by atoms with E-state index in [1.807, 2.05) is 30.3 Å². The van der Waals surface area contributed by atoms with Gasteiger partial charge in [0.05, 0.1) is 0 Å². The summed E-state index contributed by atoms with van der Waals surface area (Å²) in [5.74, 6) is 1.56. The van der Waals surface area contributed by atoms with Crippen LogP contribution >= 0.6 is 0 Å². The van der Waals surface area contributed by atoms with Gasteiger partial charge in [0, 0.05) is 37.8 Å². The summed E-state index contributed by atoms with van der Waals surface area (Å²) in [6, 6.07) is 20.7. The van der Waals surface area contributed by atoms with Gasteiger partial charge in [0.1, 0.15) is 0 Å². The molecule has 4 nitrogen and oxygen atoms in total. The van der Waals surface area contributed by atoms with Gasteiger partial charge >= 0.3 is 0 Å². The smallest absolute Gasteiger partial charge is 0.251 e. The van der Waals surface area contributed by atoms with Crippen molar-refractivity contribution in [2.75, 3.05) is 33.2 Å². The molecule has 3 fully saturated rings. The molecule has 4 unspecified atom stereocenters. The summed E-state index contributed by atoms with van der Waals surface area (Å²) in [4.78, 5) is 17.4. The van der Waals surface area contributed by atoms with E-state index in [1.54, 1.807) is 0 Å². The minimum atomic E-state index is 0.0439. The topological polar surface area (TPSA) is 35.6 Å². The first-order chi connectivity index (χ1) is 13.7. The lowest BCUT2D eigenvalue weighted by Crippen LogP contribution is -2.58. The van der Waals surface area contributed by atoms with Crippen LogP contribution in [0.25, 0.3) is 0 Å². The highest BCUT2D eigenvalue weighted by Gasteiger charge is 2.40. The second kappa shape index (κ2) is 8.89. The first-order valence-electron chi connectivity index (χ1n) is 10.5. The summed E-state index contributed by atoms with van der Waals surface area (Å²) in [6.07, 6.45) is 2.51. The number of nitrogens with zero attached hydrogens (tertiary/aromatic N) is 2. The SMILES string of the molecule is CN(Cc1ccccc1)CC1CN2CCC1CC2CNC(=O)c1ccccc1. The Morgan fingerprint density at radius 1 is 1.11 bits per heavy atom. The van der Waals surface area contributed by atoms with Gasteiger partial charge in [0.25, 0.3) is 5.91 Å². The van der Waals surface area contributed by atoms with Crippen molar-refractivity contribution >= 4 is 5.91 Å². The second-order valence-electron chi connectivity index (χ2n) is 8.45. The summed E-state index contributed by atoms with van der Waals surface area (Å²) < 4.78 is 0. The van der Waals surface area contributed by atoms with E-state index in [0.29, 0.717) is 6.04 Å². The molecule has 3 aliphatic rings. The molecule has 3 heterocycles. The Bertz CT molecular complexity index is 764. The number of hydrogen-bond donors (Lipinski definition) is 1. The molecule has 1 N–H and O–H groups in total. The Kier molecular flexibility index (Phi) is 6.08. The fourth-order valence-corrected chi connectivity index (χ4v) is 4.93. The Balaban J connectivity index is 1.26. The van der Waals surface area contributed by atoms with Gasteiger partial charge in [-0.1, -0.05) is 48.5 Å². The highest BCUT2D eigenvalue weighted by Crippen LogP contribution is 2.36.